The van der Waals surface area contributed by atoms with Gasteiger partial charge in [-0.3, -0.25) is 9.59 Å². The Hall–Kier alpha value is -2.87. The molecule has 0 saturated carbocycles. The van der Waals surface area contributed by atoms with Gasteiger partial charge in [0.05, 0.1) is 25.7 Å². The number of methoxy groups -OCH3 is 2. The molecule has 1 aromatic carbocycles. The average Bonchev–Trinajstić information content (AvgIpc) is 3.24. The number of amides is 1. The van der Waals surface area contributed by atoms with Crippen LogP contribution in [-0.2, 0) is 25.5 Å². The van der Waals surface area contributed by atoms with Gasteiger partial charge < -0.3 is 19.5 Å². The van der Waals surface area contributed by atoms with Gasteiger partial charge in [-0.25, -0.2) is 4.79 Å². The summed E-state index contributed by atoms with van der Waals surface area (Å²) in [6, 6.07) is 8.95. The second-order valence-electron chi connectivity index (χ2n) is 5.90. The van der Waals surface area contributed by atoms with Crippen molar-refractivity contribution in [2.75, 3.05) is 26.1 Å². The van der Waals surface area contributed by atoms with Crippen LogP contribution in [0, 0.1) is 0 Å². The van der Waals surface area contributed by atoms with Gasteiger partial charge in [0, 0.05) is 4.88 Å². The summed E-state index contributed by atoms with van der Waals surface area (Å²) >= 11 is 1.28. The first-order chi connectivity index (χ1) is 13.0. The quantitative estimate of drug-likeness (QED) is 0.764. The first-order valence-electron chi connectivity index (χ1n) is 8.34. The largest absolute Gasteiger partial charge is 0.484 e. The van der Waals surface area contributed by atoms with Crippen molar-refractivity contribution in [1.29, 1.82) is 0 Å². The number of carbonyl (C=O) groups excluding carboxylic acids is 3. The van der Waals surface area contributed by atoms with E-state index in [0.717, 1.165) is 4.88 Å². The van der Waals surface area contributed by atoms with Crippen molar-refractivity contribution in [2.45, 2.75) is 18.8 Å². The van der Waals surface area contributed by atoms with Gasteiger partial charge in [-0.15, -0.1) is 11.3 Å². The lowest BCUT2D eigenvalue weighted by molar-refractivity contribution is -0.142. The Balaban J connectivity index is 1.80. The number of fused-ring (bicyclic) bond motifs is 1. The Morgan fingerprint density at radius 3 is 2.56 bits per heavy atom. The third kappa shape index (κ3) is 3.95. The fourth-order valence-electron chi connectivity index (χ4n) is 3.06. The lowest BCUT2D eigenvalue weighted by Crippen LogP contribution is -2.22. The maximum absolute atomic E-state index is 12.3. The second-order valence-corrected chi connectivity index (χ2v) is 7.00. The molecule has 0 bridgehead atoms. The summed E-state index contributed by atoms with van der Waals surface area (Å²) in [6.45, 7) is -0.201. The number of rotatable bonds is 6. The lowest BCUT2D eigenvalue weighted by Gasteiger charge is -2.12. The molecule has 3 rings (SSSR count). The van der Waals surface area contributed by atoms with E-state index in [4.69, 9.17) is 14.2 Å². The van der Waals surface area contributed by atoms with Gasteiger partial charge in [0.1, 0.15) is 10.8 Å². The van der Waals surface area contributed by atoms with Gasteiger partial charge in [-0.05, 0) is 30.5 Å². The molecule has 1 aliphatic carbocycles. The van der Waals surface area contributed by atoms with Crippen LogP contribution in [0.2, 0.25) is 0 Å². The van der Waals surface area contributed by atoms with Crippen LogP contribution in [0.3, 0.4) is 0 Å². The Morgan fingerprint density at radius 2 is 1.89 bits per heavy atom. The monoisotopic (exact) mass is 389 g/mol. The minimum Gasteiger partial charge on any atom is -0.484 e. The Labute approximate surface area is 160 Å². The minimum atomic E-state index is -0.595. The van der Waals surface area contributed by atoms with Crippen LogP contribution in [-0.4, -0.2) is 38.7 Å². The van der Waals surface area contributed by atoms with Crippen LogP contribution in [0.5, 0.6) is 5.75 Å². The van der Waals surface area contributed by atoms with Crippen LogP contribution in [0.1, 0.15) is 33.1 Å². The number of nitrogens with one attached hydrogen (secondary N) is 1. The first-order valence-corrected chi connectivity index (χ1v) is 9.16. The molecule has 0 spiro atoms. The van der Waals surface area contributed by atoms with Gasteiger partial charge >= 0.3 is 11.9 Å². The zero-order valence-corrected chi connectivity index (χ0v) is 15.8. The number of carbonyl (C=O) groups is 3. The van der Waals surface area contributed by atoms with Crippen LogP contribution in [0.25, 0.3) is 0 Å². The second kappa shape index (κ2) is 8.22. The van der Waals surface area contributed by atoms with Crippen molar-refractivity contribution in [2.24, 2.45) is 0 Å². The van der Waals surface area contributed by atoms with Crippen molar-refractivity contribution in [3.63, 3.8) is 0 Å². The molecule has 1 heterocycles. The van der Waals surface area contributed by atoms with E-state index in [0.29, 0.717) is 29.2 Å². The van der Waals surface area contributed by atoms with E-state index in [1.807, 2.05) is 6.07 Å². The maximum Gasteiger partial charge on any atom is 0.341 e. The first kappa shape index (κ1) is 18.9. The standard InChI is InChI=1S/C19H19NO6S/c1-24-18(22)12-8-9-13-15(12)16(19(23)25-2)17(27-13)20-14(21)10-26-11-6-4-3-5-7-11/h3-7,12H,8-10H2,1-2H3,(H,20,21). The zero-order valence-electron chi connectivity index (χ0n) is 14.9. The number of hydrogen-bond donors (Lipinski definition) is 1. The van der Waals surface area contributed by atoms with E-state index in [9.17, 15) is 14.4 Å². The SMILES string of the molecule is COC(=O)c1c(NC(=O)COc2ccccc2)sc2c1C(C(=O)OC)CC2. The van der Waals surface area contributed by atoms with E-state index in [1.54, 1.807) is 24.3 Å². The number of hydrogen-bond acceptors (Lipinski definition) is 7. The van der Waals surface area contributed by atoms with E-state index in [2.05, 4.69) is 5.32 Å². The number of para-hydroxylation sites is 1. The minimum absolute atomic E-state index is 0.201. The molecule has 8 heteroatoms. The highest BCUT2D eigenvalue weighted by Crippen LogP contribution is 2.45. The Morgan fingerprint density at radius 1 is 1.15 bits per heavy atom. The molecule has 0 aliphatic heterocycles. The lowest BCUT2D eigenvalue weighted by atomic mass is 9.99. The van der Waals surface area contributed by atoms with Gasteiger partial charge in [0.2, 0.25) is 0 Å². The van der Waals surface area contributed by atoms with Crippen molar-refractivity contribution < 1.29 is 28.6 Å². The molecular formula is C19H19NO6S. The van der Waals surface area contributed by atoms with Crippen molar-refractivity contribution >= 4 is 34.2 Å². The van der Waals surface area contributed by atoms with Gasteiger partial charge in [-0.2, -0.15) is 0 Å². The third-order valence-electron chi connectivity index (χ3n) is 4.27. The molecule has 0 fully saturated rings. The Kier molecular flexibility index (Phi) is 5.75. The molecule has 0 radical (unpaired) electrons. The predicted molar refractivity (Wildman–Crippen MR) is 99.3 cm³/mol. The summed E-state index contributed by atoms with van der Waals surface area (Å²) < 4.78 is 15.1. The smallest absolute Gasteiger partial charge is 0.341 e. The van der Waals surface area contributed by atoms with Crippen LogP contribution in [0.15, 0.2) is 30.3 Å². The third-order valence-corrected chi connectivity index (χ3v) is 5.45. The molecule has 2 aromatic rings. The molecule has 1 N–H and O–H groups in total. The van der Waals surface area contributed by atoms with E-state index in [1.165, 1.54) is 25.6 Å². The van der Waals surface area contributed by atoms with Crippen LogP contribution >= 0.6 is 11.3 Å². The number of anilines is 1. The summed E-state index contributed by atoms with van der Waals surface area (Å²) in [4.78, 5) is 37.5. The highest BCUT2D eigenvalue weighted by Gasteiger charge is 2.38. The Bertz CT molecular complexity index is 861. The molecule has 27 heavy (non-hydrogen) atoms. The topological polar surface area (TPSA) is 90.9 Å². The molecule has 1 aliphatic rings. The fraction of sp³-hybridized carbons (Fsp3) is 0.316. The van der Waals surface area contributed by atoms with E-state index >= 15 is 0 Å². The van der Waals surface area contributed by atoms with Crippen LogP contribution < -0.4 is 10.1 Å². The summed E-state index contributed by atoms with van der Waals surface area (Å²) in [5.41, 5.74) is 0.816. The van der Waals surface area contributed by atoms with E-state index < -0.39 is 23.8 Å². The summed E-state index contributed by atoms with van der Waals surface area (Å²) in [5, 5.41) is 3.07. The molecule has 1 unspecified atom stereocenters. The van der Waals surface area contributed by atoms with Crippen molar-refractivity contribution in [1.82, 2.24) is 0 Å². The molecule has 1 amide bonds. The molecule has 142 valence electrons. The van der Waals surface area contributed by atoms with Crippen molar-refractivity contribution in [3.05, 3.63) is 46.3 Å². The summed E-state index contributed by atoms with van der Waals surface area (Å²) in [5.74, 6) is -1.36. The average molecular weight is 389 g/mol. The summed E-state index contributed by atoms with van der Waals surface area (Å²) in [7, 11) is 2.58. The molecular weight excluding hydrogens is 370 g/mol. The maximum atomic E-state index is 12.3. The highest BCUT2D eigenvalue weighted by molar-refractivity contribution is 7.17. The van der Waals surface area contributed by atoms with Gasteiger partial charge in [0.25, 0.3) is 5.91 Å². The number of ether oxygens (including phenoxy) is 3. The van der Waals surface area contributed by atoms with Gasteiger partial charge in [-0.1, -0.05) is 18.2 Å². The normalized spacial score (nSPS) is 15.0. The number of esters is 2. The van der Waals surface area contributed by atoms with Gasteiger partial charge in [0.15, 0.2) is 6.61 Å². The molecule has 0 saturated heterocycles. The van der Waals surface area contributed by atoms with Crippen molar-refractivity contribution in [3.8, 4) is 5.75 Å². The number of thiophene rings is 1. The fourth-order valence-corrected chi connectivity index (χ4v) is 4.34. The zero-order chi connectivity index (χ0) is 19.4. The molecule has 1 atom stereocenters. The highest BCUT2D eigenvalue weighted by atomic mass is 32.1. The van der Waals surface area contributed by atoms with E-state index in [-0.39, 0.29) is 12.2 Å². The molecule has 1 aromatic heterocycles. The predicted octanol–water partition coefficient (Wildman–Crippen LogP) is 2.76. The molecule has 7 nitrogen and oxygen atoms in total. The number of aryl methyl sites for hydroxylation is 1. The van der Waals surface area contributed by atoms with Crippen LogP contribution in [0.4, 0.5) is 5.00 Å². The number of benzene rings is 1. The summed E-state index contributed by atoms with van der Waals surface area (Å²) in [6.07, 6.45) is 1.21.